The average Bonchev–Trinajstić information content (AvgIpc) is 3.69. The average molecular weight is 807 g/mol. The summed E-state index contributed by atoms with van der Waals surface area (Å²) in [4.78, 5) is 12.5. The van der Waals surface area contributed by atoms with Crippen molar-refractivity contribution in [2.45, 2.75) is 0 Å². The van der Waals surface area contributed by atoms with E-state index < -0.39 is 0 Å². The second-order valence-corrected chi connectivity index (χ2v) is 15.8. The van der Waals surface area contributed by atoms with Crippen LogP contribution in [-0.2, 0) is 0 Å². The van der Waals surface area contributed by atoms with E-state index in [9.17, 15) is 0 Å². The highest BCUT2D eigenvalue weighted by Crippen LogP contribution is 2.51. The van der Waals surface area contributed by atoms with Crippen LogP contribution in [0.25, 0.3) is 83.6 Å². The van der Waals surface area contributed by atoms with Gasteiger partial charge in [-0.3, -0.25) is 0 Å². The zero-order valence-electron chi connectivity index (χ0n) is 34.1. The molecule has 0 N–H and O–H groups in total. The fourth-order valence-corrected chi connectivity index (χ4v) is 8.93. The van der Waals surface area contributed by atoms with Crippen LogP contribution in [0.15, 0.2) is 231 Å². The Morgan fingerprint density at radius 2 is 0.746 bits per heavy atom. The number of fused-ring (bicyclic) bond motifs is 5. The van der Waals surface area contributed by atoms with Crippen LogP contribution in [-0.4, -0.2) is 14.5 Å². The molecule has 0 bridgehead atoms. The summed E-state index contributed by atoms with van der Waals surface area (Å²) in [5.41, 5.74) is 15.9. The third-order valence-corrected chi connectivity index (χ3v) is 12.0. The summed E-state index contributed by atoms with van der Waals surface area (Å²) in [6.45, 7) is 0. The van der Waals surface area contributed by atoms with Crippen molar-refractivity contribution in [2.75, 3.05) is 4.90 Å². The number of ether oxygens (including phenoxy) is 1. The summed E-state index contributed by atoms with van der Waals surface area (Å²) in [7, 11) is 0. The first-order chi connectivity index (χ1) is 31.2. The van der Waals surface area contributed by atoms with E-state index in [1.807, 2.05) is 60.7 Å². The third kappa shape index (κ3) is 6.51. The monoisotopic (exact) mass is 806 g/mol. The highest BCUT2D eigenvalue weighted by Gasteiger charge is 2.26. The molecule has 5 heteroatoms. The van der Waals surface area contributed by atoms with E-state index in [1.54, 1.807) is 0 Å². The van der Waals surface area contributed by atoms with Crippen LogP contribution in [0.3, 0.4) is 0 Å². The molecule has 63 heavy (non-hydrogen) atoms. The lowest BCUT2D eigenvalue weighted by atomic mass is 9.99. The van der Waals surface area contributed by atoms with Crippen molar-refractivity contribution in [3.05, 3.63) is 231 Å². The van der Waals surface area contributed by atoms with Gasteiger partial charge >= 0.3 is 0 Å². The van der Waals surface area contributed by atoms with E-state index >= 15 is 0 Å². The Kier molecular flexibility index (Phi) is 8.75. The van der Waals surface area contributed by atoms with Gasteiger partial charge in [-0.2, -0.15) is 0 Å². The lowest BCUT2D eigenvalue weighted by molar-refractivity contribution is 0.477. The summed E-state index contributed by atoms with van der Waals surface area (Å²) in [5.74, 6) is 2.34. The molecule has 3 heterocycles. The van der Waals surface area contributed by atoms with Crippen LogP contribution in [0.2, 0.25) is 0 Å². The number of hydrogen-bond donors (Lipinski definition) is 0. The highest BCUT2D eigenvalue weighted by atomic mass is 16.5. The van der Waals surface area contributed by atoms with Gasteiger partial charge in [0.1, 0.15) is 0 Å². The first-order valence-electron chi connectivity index (χ1n) is 21.2. The molecule has 0 atom stereocenters. The Labute approximate surface area is 365 Å². The summed E-state index contributed by atoms with van der Waals surface area (Å²) in [5, 5.41) is 2.32. The largest absolute Gasteiger partial charge is 0.453 e. The predicted octanol–water partition coefficient (Wildman–Crippen LogP) is 15.5. The molecule has 0 unspecified atom stereocenters. The molecule has 5 nitrogen and oxygen atoms in total. The zero-order valence-corrected chi connectivity index (χ0v) is 34.1. The molecule has 9 aromatic carbocycles. The second kappa shape index (κ2) is 15.2. The second-order valence-electron chi connectivity index (χ2n) is 15.8. The minimum atomic E-state index is 0.683. The molecule has 11 aromatic rings. The van der Waals surface area contributed by atoms with E-state index in [2.05, 4.69) is 179 Å². The molecular weight excluding hydrogens is 769 g/mol. The number of rotatable bonds is 7. The van der Waals surface area contributed by atoms with E-state index in [0.717, 1.165) is 84.3 Å². The number of benzene rings is 9. The molecule has 0 saturated carbocycles. The van der Waals surface area contributed by atoms with Crippen molar-refractivity contribution in [1.29, 1.82) is 0 Å². The van der Waals surface area contributed by atoms with Crippen molar-refractivity contribution < 1.29 is 4.74 Å². The first kappa shape index (κ1) is 36.3. The highest BCUT2D eigenvalue weighted by molar-refractivity contribution is 6.12. The number of para-hydroxylation sites is 4. The van der Waals surface area contributed by atoms with E-state index in [1.165, 1.54) is 22.1 Å². The molecule has 0 fully saturated rings. The Morgan fingerprint density at radius 1 is 0.317 bits per heavy atom. The number of anilines is 3. The maximum atomic E-state index is 6.39. The molecule has 0 spiro atoms. The molecule has 12 rings (SSSR count). The van der Waals surface area contributed by atoms with Gasteiger partial charge < -0.3 is 14.2 Å². The van der Waals surface area contributed by atoms with Crippen LogP contribution in [0.5, 0.6) is 11.5 Å². The summed E-state index contributed by atoms with van der Waals surface area (Å²) in [6.07, 6.45) is 0. The van der Waals surface area contributed by atoms with Crippen molar-refractivity contribution in [3.63, 3.8) is 0 Å². The molecular formula is C58H38N4O. The van der Waals surface area contributed by atoms with Gasteiger partial charge in [0.15, 0.2) is 17.3 Å². The molecule has 296 valence electrons. The Hall–Kier alpha value is -8.54. The van der Waals surface area contributed by atoms with Crippen LogP contribution >= 0.6 is 0 Å². The lowest BCUT2D eigenvalue weighted by Gasteiger charge is -2.32. The third-order valence-electron chi connectivity index (χ3n) is 12.0. The molecule has 0 saturated heterocycles. The van der Waals surface area contributed by atoms with Crippen molar-refractivity contribution in [2.24, 2.45) is 0 Å². The van der Waals surface area contributed by atoms with Gasteiger partial charge in [0.2, 0.25) is 0 Å². The van der Waals surface area contributed by atoms with Crippen LogP contribution in [0, 0.1) is 0 Å². The van der Waals surface area contributed by atoms with Gasteiger partial charge in [-0.15, -0.1) is 0 Å². The lowest BCUT2D eigenvalue weighted by Crippen LogP contribution is -2.15. The normalized spacial score (nSPS) is 11.9. The Morgan fingerprint density at radius 3 is 1.33 bits per heavy atom. The van der Waals surface area contributed by atoms with Crippen molar-refractivity contribution in [1.82, 2.24) is 14.5 Å². The van der Waals surface area contributed by atoms with Crippen LogP contribution < -0.4 is 9.64 Å². The molecule has 2 aromatic heterocycles. The smallest absolute Gasteiger partial charge is 0.160 e. The molecule has 0 radical (unpaired) electrons. The van der Waals surface area contributed by atoms with Gasteiger partial charge in [0.25, 0.3) is 0 Å². The number of nitrogens with zero attached hydrogens (tertiary/aromatic N) is 4. The maximum absolute atomic E-state index is 6.39. The maximum Gasteiger partial charge on any atom is 0.160 e. The standard InChI is InChI=1S/C58H38N4O/c1-4-14-39(15-5-1)40-24-26-41(27-25-40)45-30-34-52-48(36-45)49-37-47(62-54-20-10-12-22-56(54)63-57-23-13-11-21-55(57)62)33-35-53(49)61(52)46-31-28-44(29-32-46)58-59-50(42-16-6-2-7-17-42)38-51(60-58)43-18-8-3-9-19-43/h1-38H. The molecule has 0 aliphatic carbocycles. The minimum absolute atomic E-state index is 0.683. The summed E-state index contributed by atoms with van der Waals surface area (Å²) >= 11 is 0. The van der Waals surface area contributed by atoms with Crippen LogP contribution in [0.1, 0.15) is 0 Å². The molecule has 0 amide bonds. The SMILES string of the molecule is c1ccc(-c2ccc(-c3ccc4c(c3)c3cc(N5c6ccccc6Oc6ccccc65)ccc3n4-c3ccc(-c4nc(-c5ccccc5)cc(-c5ccccc5)n4)cc3)cc2)cc1. The first-order valence-corrected chi connectivity index (χ1v) is 21.2. The Bertz CT molecular complexity index is 3350. The number of aromatic nitrogens is 3. The topological polar surface area (TPSA) is 43.2 Å². The van der Waals surface area contributed by atoms with E-state index in [4.69, 9.17) is 14.7 Å². The minimum Gasteiger partial charge on any atom is -0.453 e. The van der Waals surface area contributed by atoms with Gasteiger partial charge in [0, 0.05) is 38.8 Å². The Balaban J connectivity index is 1.00. The van der Waals surface area contributed by atoms with Gasteiger partial charge in [-0.25, -0.2) is 9.97 Å². The fourth-order valence-electron chi connectivity index (χ4n) is 8.93. The fraction of sp³-hybridized carbons (Fsp3) is 0. The summed E-state index contributed by atoms with van der Waals surface area (Å²) in [6, 6.07) is 81.0. The van der Waals surface area contributed by atoms with E-state index in [0.29, 0.717) is 5.82 Å². The predicted molar refractivity (Wildman–Crippen MR) is 258 cm³/mol. The number of hydrogen-bond acceptors (Lipinski definition) is 4. The van der Waals surface area contributed by atoms with Gasteiger partial charge in [0.05, 0.1) is 33.8 Å². The molecule has 1 aliphatic heterocycles. The van der Waals surface area contributed by atoms with E-state index in [-0.39, 0.29) is 0 Å². The van der Waals surface area contributed by atoms with Crippen LogP contribution in [0.4, 0.5) is 17.1 Å². The van der Waals surface area contributed by atoms with Gasteiger partial charge in [-0.1, -0.05) is 146 Å². The van der Waals surface area contributed by atoms with Crippen molar-refractivity contribution >= 4 is 38.9 Å². The zero-order chi connectivity index (χ0) is 41.7. The van der Waals surface area contributed by atoms with Crippen molar-refractivity contribution in [3.8, 4) is 73.3 Å². The van der Waals surface area contributed by atoms with Gasteiger partial charge in [-0.05, 0) is 107 Å². The summed E-state index contributed by atoms with van der Waals surface area (Å²) < 4.78 is 8.77. The quantitative estimate of drug-likeness (QED) is 0.161. The molecule has 1 aliphatic rings.